The molecule has 2 aromatic heterocycles. The van der Waals surface area contributed by atoms with Crippen LogP contribution in [0, 0.1) is 0 Å². The number of hydrogen-bond donors (Lipinski definition) is 0. The lowest BCUT2D eigenvalue weighted by atomic mass is 10.4. The van der Waals surface area contributed by atoms with Crippen LogP contribution in [0.1, 0.15) is 11.6 Å². The molecule has 0 saturated heterocycles. The third-order valence-corrected chi connectivity index (χ3v) is 1.41. The Morgan fingerprint density at radius 3 is 1.46 bits per heavy atom. The van der Waals surface area contributed by atoms with Crippen LogP contribution in [-0.2, 0) is 6.42 Å². The quantitative estimate of drug-likeness (QED) is 0.619. The SMILES string of the molecule is c1ncnc(Cc2ncncn2)n1. The van der Waals surface area contributed by atoms with Gasteiger partial charge in [0.25, 0.3) is 0 Å². The van der Waals surface area contributed by atoms with E-state index in [2.05, 4.69) is 29.9 Å². The summed E-state index contributed by atoms with van der Waals surface area (Å²) >= 11 is 0. The first-order chi connectivity index (χ1) is 6.45. The molecule has 2 aromatic rings. The molecule has 0 saturated carbocycles. The predicted octanol–water partition coefficient (Wildman–Crippen LogP) is -0.353. The van der Waals surface area contributed by atoms with Gasteiger partial charge >= 0.3 is 0 Å². The molecule has 0 N–H and O–H groups in total. The Labute approximate surface area is 74.2 Å². The minimum atomic E-state index is 0.505. The Kier molecular flexibility index (Phi) is 2.13. The van der Waals surface area contributed by atoms with Gasteiger partial charge in [-0.2, -0.15) is 0 Å². The summed E-state index contributed by atoms with van der Waals surface area (Å²) in [7, 11) is 0. The van der Waals surface area contributed by atoms with E-state index in [1.54, 1.807) is 0 Å². The molecule has 0 aliphatic rings. The van der Waals surface area contributed by atoms with Crippen molar-refractivity contribution >= 4 is 0 Å². The number of aromatic nitrogens is 6. The van der Waals surface area contributed by atoms with E-state index >= 15 is 0 Å². The summed E-state index contributed by atoms with van der Waals surface area (Å²) in [4.78, 5) is 23.2. The van der Waals surface area contributed by atoms with E-state index in [1.807, 2.05) is 0 Å². The van der Waals surface area contributed by atoms with Crippen LogP contribution >= 0.6 is 0 Å². The minimum Gasteiger partial charge on any atom is -0.225 e. The lowest BCUT2D eigenvalue weighted by Crippen LogP contribution is -2.00. The zero-order valence-corrected chi connectivity index (χ0v) is 6.70. The minimum absolute atomic E-state index is 0.505. The normalized spacial score (nSPS) is 9.85. The molecule has 13 heavy (non-hydrogen) atoms. The molecule has 0 spiro atoms. The molecule has 0 fully saturated rings. The van der Waals surface area contributed by atoms with Crippen LogP contribution in [0.5, 0.6) is 0 Å². The van der Waals surface area contributed by atoms with E-state index in [4.69, 9.17) is 0 Å². The van der Waals surface area contributed by atoms with Crippen molar-refractivity contribution in [3.05, 3.63) is 37.0 Å². The highest BCUT2D eigenvalue weighted by Gasteiger charge is 1.99. The molecule has 0 aromatic carbocycles. The molecule has 6 nitrogen and oxygen atoms in total. The van der Waals surface area contributed by atoms with E-state index in [0.29, 0.717) is 18.1 Å². The highest BCUT2D eigenvalue weighted by Crippen LogP contribution is 1.94. The second-order valence-corrected chi connectivity index (χ2v) is 2.29. The van der Waals surface area contributed by atoms with Crippen molar-refractivity contribution in [1.82, 2.24) is 29.9 Å². The molecule has 6 heteroatoms. The third-order valence-electron chi connectivity index (χ3n) is 1.41. The van der Waals surface area contributed by atoms with Gasteiger partial charge in [0.15, 0.2) is 0 Å². The first kappa shape index (κ1) is 7.66. The summed E-state index contributed by atoms with van der Waals surface area (Å²) in [5.41, 5.74) is 0. The lowest BCUT2D eigenvalue weighted by Gasteiger charge is -1.95. The van der Waals surface area contributed by atoms with Crippen LogP contribution in [0.25, 0.3) is 0 Å². The first-order valence-electron chi connectivity index (χ1n) is 3.67. The molecule has 0 aliphatic carbocycles. The van der Waals surface area contributed by atoms with Gasteiger partial charge in [0, 0.05) is 0 Å². The van der Waals surface area contributed by atoms with E-state index in [-0.39, 0.29) is 0 Å². The maximum atomic E-state index is 3.95. The Morgan fingerprint density at radius 2 is 1.08 bits per heavy atom. The van der Waals surface area contributed by atoms with Gasteiger partial charge in [0.1, 0.15) is 37.0 Å². The van der Waals surface area contributed by atoms with E-state index in [0.717, 1.165) is 0 Å². The standard InChI is InChI=1S/C7H6N6/c1(6-10-2-8-3-11-6)7-12-4-9-5-13-7/h2-5H,1H2. The Morgan fingerprint density at radius 1 is 0.692 bits per heavy atom. The van der Waals surface area contributed by atoms with Gasteiger partial charge in [-0.3, -0.25) is 0 Å². The maximum Gasteiger partial charge on any atom is 0.139 e. The first-order valence-corrected chi connectivity index (χ1v) is 3.67. The fourth-order valence-corrected chi connectivity index (χ4v) is 0.850. The van der Waals surface area contributed by atoms with Gasteiger partial charge in [0.05, 0.1) is 6.42 Å². The van der Waals surface area contributed by atoms with Gasteiger partial charge in [-0.05, 0) is 0 Å². The van der Waals surface area contributed by atoms with Crippen LogP contribution in [0.4, 0.5) is 0 Å². The van der Waals surface area contributed by atoms with Crippen LogP contribution < -0.4 is 0 Å². The van der Waals surface area contributed by atoms with Crippen molar-refractivity contribution in [2.24, 2.45) is 0 Å². The molecule has 0 unspecified atom stereocenters. The second kappa shape index (κ2) is 3.61. The average Bonchev–Trinajstić information content (AvgIpc) is 2.21. The van der Waals surface area contributed by atoms with Gasteiger partial charge in [-0.1, -0.05) is 0 Å². The Balaban J connectivity index is 2.16. The fraction of sp³-hybridized carbons (Fsp3) is 0.143. The molecule has 64 valence electrons. The summed E-state index contributed by atoms with van der Waals surface area (Å²) in [6, 6.07) is 0. The fourth-order valence-electron chi connectivity index (χ4n) is 0.850. The molecule has 0 radical (unpaired) electrons. The van der Waals surface area contributed by atoms with Crippen molar-refractivity contribution < 1.29 is 0 Å². The van der Waals surface area contributed by atoms with Crippen LogP contribution in [0.3, 0.4) is 0 Å². The van der Waals surface area contributed by atoms with Crippen molar-refractivity contribution in [2.45, 2.75) is 6.42 Å². The maximum absolute atomic E-state index is 3.95. The third kappa shape index (κ3) is 1.98. The number of rotatable bonds is 2. The van der Waals surface area contributed by atoms with E-state index < -0.39 is 0 Å². The zero-order chi connectivity index (χ0) is 8.93. The van der Waals surface area contributed by atoms with Crippen molar-refractivity contribution in [3.8, 4) is 0 Å². The van der Waals surface area contributed by atoms with Gasteiger partial charge < -0.3 is 0 Å². The second-order valence-electron chi connectivity index (χ2n) is 2.29. The van der Waals surface area contributed by atoms with Crippen molar-refractivity contribution in [1.29, 1.82) is 0 Å². The van der Waals surface area contributed by atoms with Crippen LogP contribution in [-0.4, -0.2) is 29.9 Å². The Bertz CT molecular complexity index is 324. The van der Waals surface area contributed by atoms with Crippen molar-refractivity contribution in [3.63, 3.8) is 0 Å². The molecule has 0 atom stereocenters. The molecule has 0 aliphatic heterocycles. The summed E-state index contributed by atoms with van der Waals surface area (Å²) in [6.45, 7) is 0. The molecular weight excluding hydrogens is 168 g/mol. The van der Waals surface area contributed by atoms with E-state index in [1.165, 1.54) is 25.3 Å². The van der Waals surface area contributed by atoms with Crippen LogP contribution in [0.15, 0.2) is 25.3 Å². The lowest BCUT2D eigenvalue weighted by molar-refractivity contribution is 0.846. The van der Waals surface area contributed by atoms with Gasteiger partial charge in [-0.25, -0.2) is 29.9 Å². The molecule has 2 rings (SSSR count). The predicted molar refractivity (Wildman–Crippen MR) is 42.5 cm³/mol. The van der Waals surface area contributed by atoms with Crippen molar-refractivity contribution in [2.75, 3.05) is 0 Å². The summed E-state index contributed by atoms with van der Waals surface area (Å²) in [5, 5.41) is 0. The monoisotopic (exact) mass is 174 g/mol. The molecule has 2 heterocycles. The molecular formula is C7H6N6. The highest BCUT2D eigenvalue weighted by atomic mass is 15.0. The average molecular weight is 174 g/mol. The summed E-state index contributed by atoms with van der Waals surface area (Å²) in [5.74, 6) is 1.31. The van der Waals surface area contributed by atoms with Gasteiger partial charge in [0.2, 0.25) is 0 Å². The molecule has 0 bridgehead atoms. The zero-order valence-electron chi connectivity index (χ0n) is 6.70. The van der Waals surface area contributed by atoms with Crippen LogP contribution in [0.2, 0.25) is 0 Å². The Hall–Kier alpha value is -1.98. The largest absolute Gasteiger partial charge is 0.225 e. The smallest absolute Gasteiger partial charge is 0.139 e. The van der Waals surface area contributed by atoms with E-state index in [9.17, 15) is 0 Å². The topological polar surface area (TPSA) is 77.3 Å². The van der Waals surface area contributed by atoms with Gasteiger partial charge in [-0.15, -0.1) is 0 Å². The highest BCUT2D eigenvalue weighted by molar-refractivity contribution is 4.95. The summed E-state index contributed by atoms with van der Waals surface area (Å²) in [6.07, 6.45) is 6.30. The summed E-state index contributed by atoms with van der Waals surface area (Å²) < 4.78 is 0. The number of nitrogens with zero attached hydrogens (tertiary/aromatic N) is 6. The number of hydrogen-bond acceptors (Lipinski definition) is 6. The molecule has 0 amide bonds.